The van der Waals surface area contributed by atoms with Gasteiger partial charge in [-0.05, 0) is 27.2 Å². The van der Waals surface area contributed by atoms with Crippen LogP contribution in [-0.4, -0.2) is 39.7 Å². The molecular formula is C11H22O5Si. The Hall–Kier alpha value is -0.693. The Labute approximate surface area is 104 Å². The van der Waals surface area contributed by atoms with E-state index in [1.165, 1.54) is 0 Å². The summed E-state index contributed by atoms with van der Waals surface area (Å²) in [6, 6.07) is 0.603. The van der Waals surface area contributed by atoms with Gasteiger partial charge >= 0.3 is 14.8 Å². The Morgan fingerprint density at radius 3 is 1.94 bits per heavy atom. The molecule has 5 nitrogen and oxygen atoms in total. The van der Waals surface area contributed by atoms with Gasteiger partial charge in [0.25, 0.3) is 0 Å². The van der Waals surface area contributed by atoms with Gasteiger partial charge in [0.15, 0.2) is 0 Å². The largest absolute Gasteiger partial charge is 0.501 e. The fraction of sp³-hybridized carbons (Fsp3) is 0.727. The molecule has 0 bridgehead atoms. The van der Waals surface area contributed by atoms with Crippen LogP contribution in [0, 0.1) is 0 Å². The fourth-order valence-electron chi connectivity index (χ4n) is 1.45. The van der Waals surface area contributed by atoms with Gasteiger partial charge in [-0.3, -0.25) is 0 Å². The second-order valence-corrected chi connectivity index (χ2v) is 5.99. The highest BCUT2D eigenvalue weighted by Crippen LogP contribution is 2.18. The van der Waals surface area contributed by atoms with Crippen LogP contribution < -0.4 is 0 Å². The van der Waals surface area contributed by atoms with E-state index < -0.39 is 14.8 Å². The number of carbonyl (C=O) groups is 1. The van der Waals surface area contributed by atoms with Gasteiger partial charge in [-0.2, -0.15) is 0 Å². The molecule has 0 saturated carbocycles. The summed E-state index contributed by atoms with van der Waals surface area (Å²) < 4.78 is 16.9. The quantitative estimate of drug-likeness (QED) is 0.482. The van der Waals surface area contributed by atoms with Crippen LogP contribution in [-0.2, 0) is 18.1 Å². The van der Waals surface area contributed by atoms with Gasteiger partial charge in [-0.25, -0.2) is 4.79 Å². The van der Waals surface area contributed by atoms with Crippen molar-refractivity contribution in [3.8, 4) is 0 Å². The molecule has 0 amide bonds. The number of aliphatic carboxylic acids is 1. The third kappa shape index (κ3) is 7.27. The first-order valence-electron chi connectivity index (χ1n) is 5.91. The molecule has 0 spiro atoms. The van der Waals surface area contributed by atoms with Crippen molar-refractivity contribution in [2.45, 2.75) is 33.2 Å². The first-order chi connectivity index (χ1) is 8.10. The lowest BCUT2D eigenvalue weighted by atomic mass is 10.4. The van der Waals surface area contributed by atoms with Crippen LogP contribution in [0.3, 0.4) is 0 Å². The van der Waals surface area contributed by atoms with Crippen LogP contribution in [0.15, 0.2) is 12.2 Å². The number of carboxylic acid groups (broad SMARTS) is 1. The predicted molar refractivity (Wildman–Crippen MR) is 66.8 cm³/mol. The maximum absolute atomic E-state index is 10.3. The zero-order valence-electron chi connectivity index (χ0n) is 10.8. The van der Waals surface area contributed by atoms with Crippen molar-refractivity contribution in [2.24, 2.45) is 0 Å². The van der Waals surface area contributed by atoms with E-state index in [-0.39, 0.29) is 0 Å². The minimum atomic E-state index is -2.61. The Kier molecular flexibility index (Phi) is 8.97. The fourth-order valence-corrected chi connectivity index (χ4v) is 3.97. The maximum Gasteiger partial charge on any atom is 0.501 e. The van der Waals surface area contributed by atoms with Gasteiger partial charge < -0.3 is 18.4 Å². The van der Waals surface area contributed by atoms with Crippen molar-refractivity contribution < 1.29 is 23.2 Å². The van der Waals surface area contributed by atoms with Crippen molar-refractivity contribution in [3.05, 3.63) is 12.2 Å². The van der Waals surface area contributed by atoms with E-state index in [4.69, 9.17) is 18.4 Å². The van der Waals surface area contributed by atoms with Gasteiger partial charge in [0, 0.05) is 31.9 Å². The minimum Gasteiger partial charge on any atom is -0.478 e. The summed E-state index contributed by atoms with van der Waals surface area (Å²) in [5.74, 6) is -0.943. The van der Waals surface area contributed by atoms with Crippen molar-refractivity contribution in [1.82, 2.24) is 0 Å². The molecule has 0 rings (SSSR count). The lowest BCUT2D eigenvalue weighted by Crippen LogP contribution is -2.45. The Balaban J connectivity index is 4.37. The molecule has 17 heavy (non-hydrogen) atoms. The summed E-state index contributed by atoms with van der Waals surface area (Å²) in [6.07, 6.45) is 3.31. The molecule has 0 aromatic rings. The van der Waals surface area contributed by atoms with Crippen LogP contribution in [0.4, 0.5) is 0 Å². The Morgan fingerprint density at radius 2 is 1.59 bits per heavy atom. The van der Waals surface area contributed by atoms with E-state index >= 15 is 0 Å². The molecule has 100 valence electrons. The van der Waals surface area contributed by atoms with E-state index in [0.717, 1.165) is 6.08 Å². The second-order valence-electron chi connectivity index (χ2n) is 3.26. The summed E-state index contributed by atoms with van der Waals surface area (Å²) in [4.78, 5) is 10.3. The molecule has 0 aliphatic rings. The number of allylic oxidation sites excluding steroid dienone is 1. The van der Waals surface area contributed by atoms with E-state index in [1.54, 1.807) is 6.08 Å². The molecule has 0 aromatic carbocycles. The van der Waals surface area contributed by atoms with Gasteiger partial charge in [-0.1, -0.05) is 6.08 Å². The zero-order valence-corrected chi connectivity index (χ0v) is 11.8. The van der Waals surface area contributed by atoms with Gasteiger partial charge in [-0.15, -0.1) is 0 Å². The highest BCUT2D eigenvalue weighted by molar-refractivity contribution is 6.60. The molecule has 0 heterocycles. The van der Waals surface area contributed by atoms with E-state index in [0.29, 0.717) is 32.3 Å². The standard InChI is InChI=1S/C11H22O5Si/c1-4-14-17(15-5-2,16-6-3)10-8-7-9-11(12)13/h7,9H,4-6,8,10H2,1-3H3,(H,12,13). The number of hydrogen-bond donors (Lipinski definition) is 1. The predicted octanol–water partition coefficient (Wildman–Crippen LogP) is 2.07. The summed E-state index contributed by atoms with van der Waals surface area (Å²) in [6.45, 7) is 7.30. The normalized spacial score (nSPS) is 12.2. The van der Waals surface area contributed by atoms with E-state index in [9.17, 15) is 4.79 Å². The lowest BCUT2D eigenvalue weighted by Gasteiger charge is -2.28. The molecule has 1 N–H and O–H groups in total. The summed E-state index contributed by atoms with van der Waals surface area (Å²) in [5.41, 5.74) is 0. The van der Waals surface area contributed by atoms with E-state index in [1.807, 2.05) is 20.8 Å². The first-order valence-corrected chi connectivity index (χ1v) is 7.84. The van der Waals surface area contributed by atoms with Crippen LogP contribution in [0.25, 0.3) is 0 Å². The molecule has 0 aromatic heterocycles. The van der Waals surface area contributed by atoms with Crippen molar-refractivity contribution in [1.29, 1.82) is 0 Å². The molecule has 0 aliphatic heterocycles. The van der Waals surface area contributed by atoms with Gasteiger partial charge in [0.05, 0.1) is 0 Å². The number of carboxylic acids is 1. The third-order valence-electron chi connectivity index (χ3n) is 1.97. The summed E-state index contributed by atoms with van der Waals surface area (Å²) in [5, 5.41) is 8.48. The third-order valence-corrected chi connectivity index (χ3v) is 5.06. The molecule has 0 unspecified atom stereocenters. The number of rotatable bonds is 10. The molecule has 0 atom stereocenters. The van der Waals surface area contributed by atoms with Crippen LogP contribution in [0.1, 0.15) is 27.2 Å². The van der Waals surface area contributed by atoms with Crippen molar-refractivity contribution >= 4 is 14.8 Å². The monoisotopic (exact) mass is 262 g/mol. The lowest BCUT2D eigenvalue weighted by molar-refractivity contribution is -0.131. The molecule has 6 heteroatoms. The Morgan fingerprint density at radius 1 is 1.12 bits per heavy atom. The van der Waals surface area contributed by atoms with Crippen molar-refractivity contribution in [2.75, 3.05) is 19.8 Å². The highest BCUT2D eigenvalue weighted by atomic mass is 28.4. The average Bonchev–Trinajstić information content (AvgIpc) is 2.25. The number of hydrogen-bond acceptors (Lipinski definition) is 4. The molecule has 0 fully saturated rings. The second kappa shape index (κ2) is 9.35. The smallest absolute Gasteiger partial charge is 0.478 e. The van der Waals surface area contributed by atoms with Gasteiger partial charge in [0.2, 0.25) is 0 Å². The topological polar surface area (TPSA) is 65.0 Å². The van der Waals surface area contributed by atoms with Crippen LogP contribution >= 0.6 is 0 Å². The highest BCUT2D eigenvalue weighted by Gasteiger charge is 2.39. The summed E-state index contributed by atoms with van der Waals surface area (Å²) in [7, 11) is -2.61. The maximum atomic E-state index is 10.3. The van der Waals surface area contributed by atoms with Gasteiger partial charge in [0.1, 0.15) is 0 Å². The molecule has 0 radical (unpaired) electrons. The minimum absolute atomic E-state index is 0.537. The van der Waals surface area contributed by atoms with E-state index in [2.05, 4.69) is 0 Å². The average molecular weight is 262 g/mol. The van der Waals surface area contributed by atoms with Crippen LogP contribution in [0.5, 0.6) is 0 Å². The zero-order chi connectivity index (χ0) is 13.1. The van der Waals surface area contributed by atoms with Crippen molar-refractivity contribution in [3.63, 3.8) is 0 Å². The first kappa shape index (κ1) is 16.3. The Bertz CT molecular complexity index is 225. The SMILES string of the molecule is CCO[Si](CCC=CC(=O)O)(OCC)OCC. The van der Waals surface area contributed by atoms with Crippen LogP contribution in [0.2, 0.25) is 6.04 Å². The molecule has 0 aliphatic carbocycles. The summed E-state index contributed by atoms with van der Waals surface area (Å²) >= 11 is 0. The molecule has 0 saturated heterocycles. The molecular weight excluding hydrogens is 240 g/mol.